The minimum atomic E-state index is 0.636. The molecule has 1 aliphatic carbocycles. The summed E-state index contributed by atoms with van der Waals surface area (Å²) in [5.74, 6) is 0.869. The van der Waals surface area contributed by atoms with Gasteiger partial charge in [0.25, 0.3) is 0 Å². The summed E-state index contributed by atoms with van der Waals surface area (Å²) in [7, 11) is 0. The molecule has 1 aliphatic rings. The van der Waals surface area contributed by atoms with Gasteiger partial charge in [0.1, 0.15) is 0 Å². The van der Waals surface area contributed by atoms with Crippen molar-refractivity contribution in [1.82, 2.24) is 5.32 Å². The maximum atomic E-state index is 3.69. The van der Waals surface area contributed by atoms with Gasteiger partial charge in [-0.25, -0.2) is 0 Å². The fourth-order valence-electron chi connectivity index (χ4n) is 3.12. The Hall–Kier alpha value is -0.0400. The maximum Gasteiger partial charge on any atom is 0.00106 e. The van der Waals surface area contributed by atoms with Gasteiger partial charge in [-0.15, -0.1) is 0 Å². The Balaban J connectivity index is 2.40. The average Bonchev–Trinajstić information content (AvgIpc) is 2.27. The summed E-state index contributed by atoms with van der Waals surface area (Å²) in [6.45, 7) is 10.5. The fraction of sp³-hybridized carbons (Fsp3) is 1.00. The van der Waals surface area contributed by atoms with Gasteiger partial charge in [-0.1, -0.05) is 59.8 Å². The van der Waals surface area contributed by atoms with Crippen molar-refractivity contribution in [3.8, 4) is 0 Å². The monoisotopic (exact) mass is 239 g/mol. The van der Waals surface area contributed by atoms with Crippen molar-refractivity contribution < 1.29 is 0 Å². The molecule has 0 spiro atoms. The predicted molar refractivity (Wildman–Crippen MR) is 77.3 cm³/mol. The molecular weight excluding hydrogens is 206 g/mol. The molecule has 1 heteroatoms. The van der Waals surface area contributed by atoms with E-state index in [4.69, 9.17) is 0 Å². The van der Waals surface area contributed by atoms with E-state index in [-0.39, 0.29) is 0 Å². The van der Waals surface area contributed by atoms with E-state index in [0.717, 1.165) is 5.92 Å². The molecular formula is C16H33N. The van der Waals surface area contributed by atoms with E-state index in [9.17, 15) is 0 Å². The van der Waals surface area contributed by atoms with Crippen molar-refractivity contribution in [3.63, 3.8) is 0 Å². The molecule has 0 aromatic carbocycles. The van der Waals surface area contributed by atoms with Crippen LogP contribution in [-0.2, 0) is 0 Å². The highest BCUT2D eigenvalue weighted by Crippen LogP contribution is 2.40. The molecule has 0 aliphatic heterocycles. The normalized spacial score (nSPS) is 20.1. The summed E-state index contributed by atoms with van der Waals surface area (Å²) in [6, 6.07) is 0.638. The third kappa shape index (κ3) is 5.90. The second kappa shape index (κ2) is 7.41. The van der Waals surface area contributed by atoms with Crippen LogP contribution in [0.4, 0.5) is 0 Å². The van der Waals surface area contributed by atoms with Gasteiger partial charge in [-0.2, -0.15) is 0 Å². The first-order valence-electron chi connectivity index (χ1n) is 7.77. The van der Waals surface area contributed by atoms with Crippen LogP contribution in [0.2, 0.25) is 0 Å². The van der Waals surface area contributed by atoms with E-state index in [1.54, 1.807) is 0 Å². The lowest BCUT2D eigenvalue weighted by Gasteiger charge is -2.38. The molecule has 17 heavy (non-hydrogen) atoms. The Morgan fingerprint density at radius 3 is 2.18 bits per heavy atom. The van der Waals surface area contributed by atoms with Crippen LogP contribution in [0.1, 0.15) is 79.1 Å². The highest BCUT2D eigenvalue weighted by atomic mass is 14.9. The van der Waals surface area contributed by atoms with Crippen LogP contribution in [0, 0.1) is 11.3 Å². The van der Waals surface area contributed by atoms with Crippen molar-refractivity contribution in [2.45, 2.75) is 85.1 Å². The number of nitrogens with one attached hydrogen (secondary N) is 1. The highest BCUT2D eigenvalue weighted by molar-refractivity contribution is 4.85. The zero-order chi connectivity index (χ0) is 12.7. The lowest BCUT2D eigenvalue weighted by molar-refractivity contribution is 0.156. The van der Waals surface area contributed by atoms with Crippen molar-refractivity contribution in [2.75, 3.05) is 6.54 Å². The molecule has 0 unspecified atom stereocenters. The summed E-state index contributed by atoms with van der Waals surface area (Å²) >= 11 is 0. The fourth-order valence-corrected chi connectivity index (χ4v) is 3.12. The largest absolute Gasteiger partial charge is 0.314 e. The molecule has 1 fully saturated rings. The summed E-state index contributed by atoms with van der Waals surface area (Å²) < 4.78 is 0. The predicted octanol–water partition coefficient (Wildman–Crippen LogP) is 4.76. The SMILES string of the molecule is CC(C)CCCC1(CNC(C)C)CCCCC1. The second-order valence-corrected chi connectivity index (χ2v) is 6.88. The van der Waals surface area contributed by atoms with Gasteiger partial charge in [0.2, 0.25) is 0 Å². The van der Waals surface area contributed by atoms with E-state index < -0.39 is 0 Å². The first-order chi connectivity index (χ1) is 8.04. The zero-order valence-corrected chi connectivity index (χ0v) is 12.5. The molecule has 1 rings (SSSR count). The molecule has 0 heterocycles. The Morgan fingerprint density at radius 1 is 1.00 bits per heavy atom. The van der Waals surface area contributed by atoms with E-state index in [1.165, 1.54) is 57.9 Å². The summed E-state index contributed by atoms with van der Waals surface area (Å²) in [6.07, 6.45) is 11.6. The van der Waals surface area contributed by atoms with Crippen molar-refractivity contribution >= 4 is 0 Å². The van der Waals surface area contributed by atoms with Crippen molar-refractivity contribution in [3.05, 3.63) is 0 Å². The van der Waals surface area contributed by atoms with Gasteiger partial charge >= 0.3 is 0 Å². The third-order valence-corrected chi connectivity index (χ3v) is 4.29. The zero-order valence-electron chi connectivity index (χ0n) is 12.5. The van der Waals surface area contributed by atoms with Crippen LogP contribution in [0.25, 0.3) is 0 Å². The smallest absolute Gasteiger partial charge is 0.00106 e. The Bertz CT molecular complexity index is 190. The molecule has 0 amide bonds. The van der Waals surface area contributed by atoms with Gasteiger partial charge in [-0.05, 0) is 30.6 Å². The molecule has 1 saturated carbocycles. The van der Waals surface area contributed by atoms with Crippen LogP contribution >= 0.6 is 0 Å². The van der Waals surface area contributed by atoms with Crippen LogP contribution in [0.3, 0.4) is 0 Å². The highest BCUT2D eigenvalue weighted by Gasteiger charge is 2.31. The van der Waals surface area contributed by atoms with Gasteiger partial charge in [-0.3, -0.25) is 0 Å². The molecule has 0 bridgehead atoms. The average molecular weight is 239 g/mol. The van der Waals surface area contributed by atoms with Crippen molar-refractivity contribution in [2.24, 2.45) is 11.3 Å². The van der Waals surface area contributed by atoms with Gasteiger partial charge in [0.15, 0.2) is 0 Å². The van der Waals surface area contributed by atoms with E-state index in [0.29, 0.717) is 11.5 Å². The molecule has 102 valence electrons. The first kappa shape index (κ1) is 15.0. The third-order valence-electron chi connectivity index (χ3n) is 4.29. The summed E-state index contributed by atoms with van der Waals surface area (Å²) in [5, 5.41) is 3.69. The van der Waals surface area contributed by atoms with Gasteiger partial charge < -0.3 is 5.32 Å². The van der Waals surface area contributed by atoms with Crippen LogP contribution < -0.4 is 5.32 Å². The van der Waals surface area contributed by atoms with E-state index in [1.807, 2.05) is 0 Å². The molecule has 1 nitrogen and oxygen atoms in total. The molecule has 0 saturated heterocycles. The lowest BCUT2D eigenvalue weighted by atomic mass is 9.70. The molecule has 1 N–H and O–H groups in total. The standard InChI is InChI=1S/C16H33N/c1-14(2)9-8-12-16(13-17-15(3)4)10-6-5-7-11-16/h14-15,17H,5-13H2,1-4H3. The number of hydrogen-bond donors (Lipinski definition) is 1. The van der Waals surface area contributed by atoms with Gasteiger partial charge in [0, 0.05) is 12.6 Å². The van der Waals surface area contributed by atoms with E-state index >= 15 is 0 Å². The molecule has 0 atom stereocenters. The number of rotatable bonds is 7. The first-order valence-corrected chi connectivity index (χ1v) is 7.77. The Labute approximate surface area is 109 Å². The quantitative estimate of drug-likeness (QED) is 0.675. The molecule has 0 radical (unpaired) electrons. The minimum Gasteiger partial charge on any atom is -0.314 e. The summed E-state index contributed by atoms with van der Waals surface area (Å²) in [4.78, 5) is 0. The van der Waals surface area contributed by atoms with E-state index in [2.05, 4.69) is 33.0 Å². The Kier molecular flexibility index (Phi) is 6.54. The second-order valence-electron chi connectivity index (χ2n) is 6.88. The van der Waals surface area contributed by atoms with Crippen LogP contribution in [0.5, 0.6) is 0 Å². The Morgan fingerprint density at radius 2 is 1.65 bits per heavy atom. The number of hydrogen-bond acceptors (Lipinski definition) is 1. The minimum absolute atomic E-state index is 0.636. The van der Waals surface area contributed by atoms with Gasteiger partial charge in [0.05, 0.1) is 0 Å². The lowest BCUT2D eigenvalue weighted by Crippen LogP contribution is -2.39. The molecule has 0 aromatic rings. The maximum absolute atomic E-state index is 3.69. The van der Waals surface area contributed by atoms with Crippen molar-refractivity contribution in [1.29, 1.82) is 0 Å². The topological polar surface area (TPSA) is 12.0 Å². The molecule has 0 aromatic heterocycles. The van der Waals surface area contributed by atoms with Crippen LogP contribution in [-0.4, -0.2) is 12.6 Å². The van der Waals surface area contributed by atoms with Crippen LogP contribution in [0.15, 0.2) is 0 Å². The summed E-state index contributed by atoms with van der Waals surface area (Å²) in [5.41, 5.74) is 0.636.